The van der Waals surface area contributed by atoms with Gasteiger partial charge in [-0.2, -0.15) is 0 Å². The molecule has 2 aliphatic rings. The summed E-state index contributed by atoms with van der Waals surface area (Å²) in [5.41, 5.74) is 1.72. The van der Waals surface area contributed by atoms with Gasteiger partial charge in [0.25, 0.3) is 0 Å². The van der Waals surface area contributed by atoms with Gasteiger partial charge in [-0.1, -0.05) is 48.2 Å². The minimum atomic E-state index is -0.172. The van der Waals surface area contributed by atoms with E-state index in [9.17, 15) is 9.18 Å². The zero-order valence-electron chi connectivity index (χ0n) is 19.9. The first kappa shape index (κ1) is 24.0. The number of carbonyl (C=O) groups excluding carboxylic acids is 1. The molecule has 0 N–H and O–H groups in total. The summed E-state index contributed by atoms with van der Waals surface area (Å²) in [5, 5.41) is 9.69. The number of likely N-dealkylation sites (tertiary alicyclic amines) is 1. The molecule has 0 spiro atoms. The van der Waals surface area contributed by atoms with Crippen LogP contribution in [0.15, 0.2) is 59.8 Å². The van der Waals surface area contributed by atoms with Crippen molar-refractivity contribution in [2.75, 3.05) is 45.0 Å². The van der Waals surface area contributed by atoms with Gasteiger partial charge in [0.05, 0.1) is 12.3 Å². The van der Waals surface area contributed by atoms with Gasteiger partial charge in [0, 0.05) is 44.0 Å². The van der Waals surface area contributed by atoms with Crippen LogP contribution in [-0.2, 0) is 17.9 Å². The number of rotatable bonds is 8. The van der Waals surface area contributed by atoms with Crippen LogP contribution in [0.4, 0.5) is 4.39 Å². The molecule has 0 aliphatic carbocycles. The fourth-order valence-electron chi connectivity index (χ4n) is 4.71. The van der Waals surface area contributed by atoms with Crippen molar-refractivity contribution in [3.05, 3.63) is 71.8 Å². The van der Waals surface area contributed by atoms with E-state index in [4.69, 9.17) is 0 Å². The van der Waals surface area contributed by atoms with Gasteiger partial charge in [-0.15, -0.1) is 10.2 Å². The van der Waals surface area contributed by atoms with Crippen LogP contribution in [0.2, 0.25) is 0 Å². The molecule has 184 valence electrons. The molecule has 0 bridgehead atoms. The quantitative estimate of drug-likeness (QED) is 0.447. The fraction of sp³-hybridized carbons (Fsp3) is 0.423. The van der Waals surface area contributed by atoms with E-state index in [-0.39, 0.29) is 11.7 Å². The molecule has 2 saturated heterocycles. The van der Waals surface area contributed by atoms with Gasteiger partial charge in [-0.05, 0) is 44.1 Å². The molecular formula is C26H31FN6OS. The van der Waals surface area contributed by atoms with Crippen LogP contribution in [0.5, 0.6) is 0 Å². The van der Waals surface area contributed by atoms with E-state index in [1.54, 1.807) is 6.07 Å². The molecule has 3 aromatic rings. The second-order valence-electron chi connectivity index (χ2n) is 9.09. The molecule has 7 nitrogen and oxygen atoms in total. The number of para-hydroxylation sites is 1. The molecule has 0 unspecified atom stereocenters. The number of amides is 1. The van der Waals surface area contributed by atoms with Gasteiger partial charge in [-0.25, -0.2) is 4.39 Å². The lowest BCUT2D eigenvalue weighted by Crippen LogP contribution is -2.48. The zero-order valence-corrected chi connectivity index (χ0v) is 20.7. The standard InChI is InChI=1S/C26H31FN6OS/c27-23-11-5-4-8-21(23)18-31-14-16-32(17-15-31)25(34)20-35-26-29-28-24(19-30-12-6-7-13-30)33(26)22-9-2-1-3-10-22/h1-5,8-11H,6-7,12-20H2. The predicted molar refractivity (Wildman–Crippen MR) is 135 cm³/mol. The van der Waals surface area contributed by atoms with E-state index < -0.39 is 0 Å². The number of piperazine rings is 1. The lowest BCUT2D eigenvalue weighted by molar-refractivity contribution is -0.130. The average Bonchev–Trinajstić information content (AvgIpc) is 3.55. The Kier molecular flexibility index (Phi) is 7.75. The topological polar surface area (TPSA) is 57.5 Å². The highest BCUT2D eigenvalue weighted by Gasteiger charge is 2.24. The van der Waals surface area contributed by atoms with Gasteiger partial charge in [-0.3, -0.25) is 19.2 Å². The molecule has 2 fully saturated rings. The second-order valence-corrected chi connectivity index (χ2v) is 10.0. The number of benzene rings is 2. The van der Waals surface area contributed by atoms with Gasteiger partial charge in [0.1, 0.15) is 5.82 Å². The lowest BCUT2D eigenvalue weighted by atomic mass is 10.2. The molecule has 9 heteroatoms. The van der Waals surface area contributed by atoms with Crippen molar-refractivity contribution in [2.24, 2.45) is 0 Å². The summed E-state index contributed by atoms with van der Waals surface area (Å²) in [6.45, 7) is 6.30. The molecule has 0 saturated carbocycles. The van der Waals surface area contributed by atoms with Gasteiger partial charge in [0.2, 0.25) is 5.91 Å². The molecule has 3 heterocycles. The van der Waals surface area contributed by atoms with Crippen LogP contribution < -0.4 is 0 Å². The lowest BCUT2D eigenvalue weighted by Gasteiger charge is -2.34. The Labute approximate surface area is 209 Å². The first-order chi connectivity index (χ1) is 17.2. The largest absolute Gasteiger partial charge is 0.339 e. The van der Waals surface area contributed by atoms with Gasteiger partial charge >= 0.3 is 0 Å². The van der Waals surface area contributed by atoms with Crippen LogP contribution in [-0.4, -0.2) is 80.4 Å². The summed E-state index contributed by atoms with van der Waals surface area (Å²) in [4.78, 5) is 19.5. The van der Waals surface area contributed by atoms with E-state index in [1.807, 2.05) is 35.2 Å². The maximum Gasteiger partial charge on any atom is 0.233 e. The van der Waals surface area contributed by atoms with Gasteiger partial charge in [0.15, 0.2) is 11.0 Å². The number of carbonyl (C=O) groups is 1. The Hall–Kier alpha value is -2.75. The molecule has 5 rings (SSSR count). The number of aromatic nitrogens is 3. The first-order valence-electron chi connectivity index (χ1n) is 12.3. The highest BCUT2D eigenvalue weighted by atomic mass is 32.2. The third kappa shape index (κ3) is 5.91. The van der Waals surface area contributed by atoms with Crippen molar-refractivity contribution in [3.63, 3.8) is 0 Å². The third-order valence-electron chi connectivity index (χ3n) is 6.68. The van der Waals surface area contributed by atoms with Crippen LogP contribution in [0.1, 0.15) is 24.2 Å². The first-order valence-corrected chi connectivity index (χ1v) is 13.2. The summed E-state index contributed by atoms with van der Waals surface area (Å²) in [5.74, 6) is 1.16. The molecule has 1 aromatic heterocycles. The Morgan fingerprint density at radius 3 is 2.26 bits per heavy atom. The summed E-state index contributed by atoms with van der Waals surface area (Å²) >= 11 is 1.44. The smallest absolute Gasteiger partial charge is 0.233 e. The second kappa shape index (κ2) is 11.3. The highest BCUT2D eigenvalue weighted by molar-refractivity contribution is 7.99. The number of nitrogens with zero attached hydrogens (tertiary/aromatic N) is 6. The number of thioether (sulfide) groups is 1. The zero-order chi connectivity index (χ0) is 24.0. The minimum Gasteiger partial charge on any atom is -0.339 e. The molecule has 2 aromatic carbocycles. The van der Waals surface area contributed by atoms with Crippen molar-refractivity contribution < 1.29 is 9.18 Å². The maximum atomic E-state index is 14.0. The monoisotopic (exact) mass is 494 g/mol. The fourth-order valence-corrected chi connectivity index (χ4v) is 5.59. The van der Waals surface area contributed by atoms with E-state index in [1.165, 1.54) is 30.7 Å². The van der Waals surface area contributed by atoms with Crippen LogP contribution in [0, 0.1) is 5.82 Å². The summed E-state index contributed by atoms with van der Waals surface area (Å²) in [7, 11) is 0. The van der Waals surface area contributed by atoms with E-state index >= 15 is 0 Å². The Morgan fingerprint density at radius 2 is 1.51 bits per heavy atom. The molecule has 1 amide bonds. The molecule has 35 heavy (non-hydrogen) atoms. The van der Waals surface area contributed by atoms with E-state index in [0.29, 0.717) is 31.0 Å². The normalized spacial score (nSPS) is 17.2. The molecule has 0 atom stereocenters. The van der Waals surface area contributed by atoms with Crippen molar-refractivity contribution in [3.8, 4) is 5.69 Å². The highest BCUT2D eigenvalue weighted by Crippen LogP contribution is 2.24. The minimum absolute atomic E-state index is 0.101. The Morgan fingerprint density at radius 1 is 0.829 bits per heavy atom. The van der Waals surface area contributed by atoms with Crippen LogP contribution >= 0.6 is 11.8 Å². The third-order valence-corrected chi connectivity index (χ3v) is 7.59. The Balaban J connectivity index is 1.19. The van der Waals surface area contributed by atoms with Crippen molar-refractivity contribution in [1.29, 1.82) is 0 Å². The van der Waals surface area contributed by atoms with Crippen molar-refractivity contribution in [1.82, 2.24) is 29.5 Å². The summed E-state index contributed by atoms with van der Waals surface area (Å²) in [6.07, 6.45) is 2.45. The SMILES string of the molecule is O=C(CSc1nnc(CN2CCCC2)n1-c1ccccc1)N1CCN(Cc2ccccc2F)CC1. The Bertz CT molecular complexity index is 1130. The van der Waals surface area contributed by atoms with E-state index in [0.717, 1.165) is 49.4 Å². The van der Waals surface area contributed by atoms with E-state index in [2.05, 4.69) is 36.7 Å². The number of hydrogen-bond acceptors (Lipinski definition) is 6. The predicted octanol–water partition coefficient (Wildman–Crippen LogP) is 3.44. The molecule has 0 radical (unpaired) electrons. The van der Waals surface area contributed by atoms with Gasteiger partial charge < -0.3 is 4.90 Å². The number of halogens is 1. The van der Waals surface area contributed by atoms with Crippen LogP contribution in [0.25, 0.3) is 5.69 Å². The van der Waals surface area contributed by atoms with Crippen molar-refractivity contribution in [2.45, 2.75) is 31.1 Å². The van der Waals surface area contributed by atoms with Crippen molar-refractivity contribution >= 4 is 17.7 Å². The molecular weight excluding hydrogens is 463 g/mol. The average molecular weight is 495 g/mol. The number of hydrogen-bond donors (Lipinski definition) is 0. The van der Waals surface area contributed by atoms with Crippen LogP contribution in [0.3, 0.4) is 0 Å². The summed E-state index contributed by atoms with van der Waals surface area (Å²) < 4.78 is 16.1. The molecule has 2 aliphatic heterocycles. The maximum absolute atomic E-state index is 14.0. The summed E-state index contributed by atoms with van der Waals surface area (Å²) in [6, 6.07) is 17.0.